The maximum Gasteiger partial charge on any atom is 0.408 e. The number of esters is 2. The van der Waals surface area contributed by atoms with Gasteiger partial charge in [-0.05, 0) is 69.5 Å². The van der Waals surface area contributed by atoms with Crippen LogP contribution in [0.5, 0.6) is 11.5 Å². The van der Waals surface area contributed by atoms with Crippen LogP contribution in [0.1, 0.15) is 46.2 Å². The Morgan fingerprint density at radius 2 is 0.962 bits per heavy atom. The number of alkyl carbamates (subject to hydrolysis) is 2. The molecule has 7 rings (SSSR count). The van der Waals surface area contributed by atoms with Gasteiger partial charge in [-0.1, -0.05) is 152 Å². The second kappa shape index (κ2) is 28.2. The molecule has 78 heavy (non-hydrogen) atoms. The highest BCUT2D eigenvalue weighted by Gasteiger charge is 2.33. The van der Waals surface area contributed by atoms with Crippen molar-refractivity contribution in [3.05, 3.63) is 226 Å². The SMILES string of the molecule is N[C@@H](CCCNC(=O)OCc1ccccc1)C(=O)N[C@@H](Cc1cccc(-c2ccc(OCc3ccccc3)c(C[C@H](NC(=O)OCc3ccccc3)C(=O)Oc3c(F)c(F)c(F)c(F)c3F)c2)c1)C(=O)OCc1ccccc1. The smallest absolute Gasteiger partial charge is 0.408 e. The van der Waals surface area contributed by atoms with Crippen LogP contribution in [-0.4, -0.2) is 54.7 Å². The summed E-state index contributed by atoms with van der Waals surface area (Å²) in [6.07, 6.45) is -2.03. The first-order valence-electron chi connectivity index (χ1n) is 24.5. The molecule has 0 spiro atoms. The quantitative estimate of drug-likeness (QED) is 0.00856. The number of carbonyl (C=O) groups is 5. The molecule has 0 aromatic heterocycles. The molecule has 0 unspecified atom stereocenters. The third-order valence-electron chi connectivity index (χ3n) is 11.9. The Hall–Kier alpha value is -9.10. The van der Waals surface area contributed by atoms with Crippen LogP contribution in [0, 0.1) is 29.1 Å². The average molecular weight is 1070 g/mol. The van der Waals surface area contributed by atoms with E-state index < -0.39 is 89.4 Å². The monoisotopic (exact) mass is 1070 g/mol. The molecule has 0 saturated heterocycles. The zero-order valence-corrected chi connectivity index (χ0v) is 41.7. The maximum atomic E-state index is 14.9. The van der Waals surface area contributed by atoms with Crippen molar-refractivity contribution in [2.24, 2.45) is 5.73 Å². The molecule has 0 aliphatic carbocycles. The van der Waals surface area contributed by atoms with Crippen LogP contribution in [0.25, 0.3) is 11.1 Å². The molecule has 404 valence electrons. The minimum Gasteiger partial charge on any atom is -0.489 e. The van der Waals surface area contributed by atoms with Crippen LogP contribution in [0.3, 0.4) is 0 Å². The fourth-order valence-corrected chi connectivity index (χ4v) is 7.79. The van der Waals surface area contributed by atoms with E-state index in [1.807, 2.05) is 30.3 Å². The number of amides is 3. The molecular formula is C59H53F5N4O10. The van der Waals surface area contributed by atoms with E-state index in [9.17, 15) is 45.9 Å². The summed E-state index contributed by atoms with van der Waals surface area (Å²) in [4.78, 5) is 66.8. The third-order valence-corrected chi connectivity index (χ3v) is 11.9. The van der Waals surface area contributed by atoms with Crippen molar-refractivity contribution >= 4 is 30.0 Å². The van der Waals surface area contributed by atoms with Gasteiger partial charge in [-0.25, -0.2) is 32.3 Å². The van der Waals surface area contributed by atoms with Crippen molar-refractivity contribution in [1.82, 2.24) is 16.0 Å². The summed E-state index contributed by atoms with van der Waals surface area (Å²) in [6.45, 7) is -0.132. The van der Waals surface area contributed by atoms with Crippen LogP contribution in [0.4, 0.5) is 31.5 Å². The number of benzene rings is 7. The zero-order valence-electron chi connectivity index (χ0n) is 41.7. The van der Waals surface area contributed by atoms with E-state index in [4.69, 9.17) is 29.4 Å². The number of nitrogens with one attached hydrogen (secondary N) is 3. The number of ether oxygens (including phenoxy) is 5. The Kier molecular flexibility index (Phi) is 20.4. The van der Waals surface area contributed by atoms with E-state index in [1.54, 1.807) is 133 Å². The fraction of sp³-hybridized carbons (Fsp3) is 0.203. The van der Waals surface area contributed by atoms with Crippen molar-refractivity contribution in [3.8, 4) is 22.6 Å². The van der Waals surface area contributed by atoms with Gasteiger partial charge < -0.3 is 45.4 Å². The first-order chi connectivity index (χ1) is 37.7. The molecule has 3 amide bonds. The van der Waals surface area contributed by atoms with E-state index in [0.29, 0.717) is 34.2 Å². The molecule has 0 bridgehead atoms. The van der Waals surface area contributed by atoms with Gasteiger partial charge in [0.2, 0.25) is 40.7 Å². The molecule has 7 aromatic carbocycles. The Labute approximate surface area is 445 Å². The molecule has 14 nitrogen and oxygen atoms in total. The van der Waals surface area contributed by atoms with Gasteiger partial charge in [0, 0.05) is 19.4 Å². The molecule has 0 fully saturated rings. The molecule has 0 saturated carbocycles. The fourth-order valence-electron chi connectivity index (χ4n) is 7.79. The highest BCUT2D eigenvalue weighted by Crippen LogP contribution is 2.32. The second-order valence-corrected chi connectivity index (χ2v) is 17.7. The summed E-state index contributed by atoms with van der Waals surface area (Å²) in [5.74, 6) is -16.8. The number of carbonyl (C=O) groups excluding carboxylic acids is 5. The standard InChI is InChI=1S/C59H53F5N4O10/c60-49-50(61)52(63)54(53(64)51(49)62)78-57(71)47(68-59(73)77-36-40-21-11-4-12-22-40)32-44-31-43(26-27-48(44)74-33-37-15-5-1-6-16-37)42-24-13-23-41(29-42)30-46(56(70)75-34-38-17-7-2-8-18-38)67-55(69)45(65)25-14-28-66-58(72)76-35-39-19-9-3-10-20-39/h1-13,15-24,26-27,29,31,45-47H,14,25,28,30,32-36,65H2,(H,66,72)(H,67,69)(H,68,73)/t45-,46-,47-/m0/s1. The van der Waals surface area contributed by atoms with Crippen molar-refractivity contribution in [1.29, 1.82) is 0 Å². The van der Waals surface area contributed by atoms with Crippen molar-refractivity contribution in [2.45, 2.75) is 70.2 Å². The van der Waals surface area contributed by atoms with E-state index >= 15 is 0 Å². The molecule has 0 aliphatic rings. The van der Waals surface area contributed by atoms with Crippen molar-refractivity contribution < 1.29 is 69.6 Å². The van der Waals surface area contributed by atoms with Crippen LogP contribution in [0.15, 0.2) is 164 Å². The lowest BCUT2D eigenvalue weighted by atomic mass is 9.95. The van der Waals surface area contributed by atoms with E-state index in [1.165, 1.54) is 0 Å². The largest absolute Gasteiger partial charge is 0.489 e. The van der Waals surface area contributed by atoms with Crippen LogP contribution in [-0.2, 0) is 67.9 Å². The van der Waals surface area contributed by atoms with Crippen LogP contribution in [0.2, 0.25) is 0 Å². The highest BCUT2D eigenvalue weighted by atomic mass is 19.2. The Morgan fingerprint density at radius 3 is 1.54 bits per heavy atom. The lowest BCUT2D eigenvalue weighted by Crippen LogP contribution is -2.50. The first kappa shape index (κ1) is 56.6. The summed E-state index contributed by atoms with van der Waals surface area (Å²) >= 11 is 0. The summed E-state index contributed by atoms with van der Waals surface area (Å²) in [7, 11) is 0. The Balaban J connectivity index is 1.12. The highest BCUT2D eigenvalue weighted by molar-refractivity contribution is 5.88. The summed E-state index contributed by atoms with van der Waals surface area (Å²) in [5.41, 5.74) is 10.8. The predicted octanol–water partition coefficient (Wildman–Crippen LogP) is 9.88. The normalized spacial score (nSPS) is 12.0. The molecule has 5 N–H and O–H groups in total. The van der Waals surface area contributed by atoms with Gasteiger partial charge >= 0.3 is 24.1 Å². The maximum absolute atomic E-state index is 14.9. The summed E-state index contributed by atoms with van der Waals surface area (Å²) in [6, 6.07) is 42.9. The molecule has 0 heterocycles. The van der Waals surface area contributed by atoms with Crippen LogP contribution >= 0.6 is 0 Å². The van der Waals surface area contributed by atoms with Crippen molar-refractivity contribution in [2.75, 3.05) is 6.54 Å². The average Bonchev–Trinajstić information content (AvgIpc) is 3.48. The predicted molar refractivity (Wildman–Crippen MR) is 275 cm³/mol. The van der Waals surface area contributed by atoms with Gasteiger partial charge in [0.05, 0.1) is 6.04 Å². The van der Waals surface area contributed by atoms with E-state index in [2.05, 4.69) is 16.0 Å². The molecule has 7 aromatic rings. The second-order valence-electron chi connectivity index (χ2n) is 17.7. The number of hydrogen-bond donors (Lipinski definition) is 4. The van der Waals surface area contributed by atoms with E-state index in [-0.39, 0.29) is 57.1 Å². The number of halogens is 5. The Bertz CT molecular complexity index is 3130. The molecule has 3 atom stereocenters. The zero-order chi connectivity index (χ0) is 55.4. The molecular weight excluding hydrogens is 1020 g/mol. The van der Waals surface area contributed by atoms with Gasteiger partial charge in [-0.15, -0.1) is 0 Å². The lowest BCUT2D eigenvalue weighted by molar-refractivity contribution is -0.149. The molecule has 0 radical (unpaired) electrons. The van der Waals surface area contributed by atoms with Gasteiger partial charge in [0.25, 0.3) is 0 Å². The summed E-state index contributed by atoms with van der Waals surface area (Å²) in [5, 5.41) is 7.66. The molecule has 0 aliphatic heterocycles. The first-order valence-corrected chi connectivity index (χ1v) is 24.5. The number of rotatable bonds is 24. The lowest BCUT2D eigenvalue weighted by Gasteiger charge is -2.21. The minimum absolute atomic E-state index is 0.00669. The minimum atomic E-state index is -2.48. The number of nitrogens with two attached hydrogens (primary N) is 1. The summed E-state index contributed by atoms with van der Waals surface area (Å²) < 4.78 is 99.6. The van der Waals surface area contributed by atoms with E-state index in [0.717, 1.165) is 11.1 Å². The number of hydrogen-bond acceptors (Lipinski definition) is 11. The van der Waals surface area contributed by atoms with Gasteiger partial charge in [0.1, 0.15) is 44.3 Å². The van der Waals surface area contributed by atoms with Gasteiger partial charge in [0.15, 0.2) is 0 Å². The molecule has 19 heteroatoms. The van der Waals surface area contributed by atoms with Crippen molar-refractivity contribution in [3.63, 3.8) is 0 Å². The topological polar surface area (TPSA) is 194 Å². The van der Waals surface area contributed by atoms with Gasteiger partial charge in [-0.2, -0.15) is 8.78 Å². The third kappa shape index (κ3) is 16.4. The van der Waals surface area contributed by atoms with Gasteiger partial charge in [-0.3, -0.25) is 4.79 Å². The Morgan fingerprint density at radius 1 is 0.474 bits per heavy atom. The van der Waals surface area contributed by atoms with Crippen LogP contribution < -0.4 is 31.2 Å².